The Labute approximate surface area is 115 Å². The van der Waals surface area contributed by atoms with Crippen LogP contribution in [0.15, 0.2) is 6.07 Å². The second kappa shape index (κ2) is 5.26. The van der Waals surface area contributed by atoms with Crippen LogP contribution in [0.5, 0.6) is 0 Å². The molecule has 0 saturated carbocycles. The van der Waals surface area contributed by atoms with E-state index in [1.165, 1.54) is 12.8 Å². The lowest BCUT2D eigenvalue weighted by Crippen LogP contribution is -2.32. The van der Waals surface area contributed by atoms with Gasteiger partial charge in [0.1, 0.15) is 11.2 Å². The van der Waals surface area contributed by atoms with Gasteiger partial charge < -0.3 is 4.90 Å². The Morgan fingerprint density at radius 3 is 2.79 bits per heavy atom. The molecule has 0 N–H and O–H groups in total. The zero-order valence-electron chi connectivity index (χ0n) is 12.3. The van der Waals surface area contributed by atoms with Crippen molar-refractivity contribution in [1.29, 1.82) is 5.26 Å². The Morgan fingerprint density at radius 1 is 1.42 bits per heavy atom. The smallest absolute Gasteiger partial charge is 0.148 e. The predicted octanol–water partition coefficient (Wildman–Crippen LogP) is 2.40. The molecule has 2 heterocycles. The third kappa shape index (κ3) is 3.10. The zero-order chi connectivity index (χ0) is 14.0. The van der Waals surface area contributed by atoms with Crippen LogP contribution in [-0.4, -0.2) is 35.0 Å². The maximum absolute atomic E-state index is 9.24. The van der Waals surface area contributed by atoms with Crippen molar-refractivity contribution in [3.05, 3.63) is 23.3 Å². The highest BCUT2D eigenvalue weighted by Gasteiger charge is 2.27. The van der Waals surface area contributed by atoms with E-state index in [9.17, 15) is 5.26 Å². The van der Waals surface area contributed by atoms with E-state index in [4.69, 9.17) is 0 Å². The minimum atomic E-state index is -0.624. The molecular formula is C15H22N4. The summed E-state index contributed by atoms with van der Waals surface area (Å²) in [6, 6.07) is 4.36. The molecule has 102 valence electrons. The number of hydrogen-bond acceptors (Lipinski definition) is 4. The van der Waals surface area contributed by atoms with Gasteiger partial charge in [-0.05, 0) is 53.3 Å². The van der Waals surface area contributed by atoms with E-state index in [-0.39, 0.29) is 0 Å². The van der Waals surface area contributed by atoms with Crippen molar-refractivity contribution in [2.45, 2.75) is 44.9 Å². The molecule has 1 aromatic heterocycles. The van der Waals surface area contributed by atoms with Gasteiger partial charge in [-0.15, -0.1) is 0 Å². The molecule has 4 nitrogen and oxygen atoms in total. The molecule has 0 aliphatic carbocycles. The van der Waals surface area contributed by atoms with E-state index >= 15 is 0 Å². The third-order valence-corrected chi connectivity index (χ3v) is 3.76. The Kier molecular flexibility index (Phi) is 3.86. The van der Waals surface area contributed by atoms with Crippen LogP contribution >= 0.6 is 0 Å². The molecular weight excluding hydrogens is 236 g/mol. The number of nitrogens with zero attached hydrogens (tertiary/aromatic N) is 4. The van der Waals surface area contributed by atoms with Crippen molar-refractivity contribution in [3.63, 3.8) is 0 Å². The molecule has 1 unspecified atom stereocenters. The molecule has 1 saturated heterocycles. The molecule has 0 amide bonds. The van der Waals surface area contributed by atoms with E-state index in [1.54, 1.807) is 0 Å². The Balaban J connectivity index is 2.34. The summed E-state index contributed by atoms with van der Waals surface area (Å²) in [6.45, 7) is 7.94. The van der Waals surface area contributed by atoms with Crippen LogP contribution < -0.4 is 0 Å². The minimum absolute atomic E-state index is 0.466. The Bertz CT molecular complexity index is 501. The molecule has 0 spiro atoms. The molecule has 0 bridgehead atoms. The lowest BCUT2D eigenvalue weighted by atomic mass is 9.92. The lowest BCUT2D eigenvalue weighted by molar-refractivity contribution is 0.248. The maximum Gasteiger partial charge on any atom is 0.148 e. The summed E-state index contributed by atoms with van der Waals surface area (Å²) in [5, 5.41) is 9.24. The highest BCUT2D eigenvalue weighted by molar-refractivity contribution is 5.23. The lowest BCUT2D eigenvalue weighted by Gasteiger charge is -2.30. The number of piperidine rings is 1. The maximum atomic E-state index is 9.24. The van der Waals surface area contributed by atoms with Gasteiger partial charge in [-0.1, -0.05) is 0 Å². The van der Waals surface area contributed by atoms with Crippen LogP contribution in [0, 0.1) is 18.3 Å². The monoisotopic (exact) mass is 258 g/mol. The average molecular weight is 258 g/mol. The highest BCUT2D eigenvalue weighted by Crippen LogP contribution is 2.27. The van der Waals surface area contributed by atoms with Gasteiger partial charge in [0.15, 0.2) is 0 Å². The van der Waals surface area contributed by atoms with Crippen LogP contribution in [0.3, 0.4) is 0 Å². The molecule has 1 aliphatic rings. The Hall–Kier alpha value is -1.47. The van der Waals surface area contributed by atoms with E-state index < -0.39 is 5.41 Å². The summed E-state index contributed by atoms with van der Waals surface area (Å²) in [5.41, 5.74) is 1.43. The normalized spacial score (nSPS) is 21.1. The largest absolute Gasteiger partial charge is 0.306 e. The summed E-state index contributed by atoms with van der Waals surface area (Å²) in [7, 11) is 2.15. The van der Waals surface area contributed by atoms with Gasteiger partial charge >= 0.3 is 0 Å². The third-order valence-electron chi connectivity index (χ3n) is 3.76. The second-order valence-electron chi connectivity index (χ2n) is 6.10. The van der Waals surface area contributed by atoms with Gasteiger partial charge in [0, 0.05) is 23.9 Å². The van der Waals surface area contributed by atoms with E-state index in [2.05, 4.69) is 34.1 Å². The molecule has 1 aliphatic heterocycles. The van der Waals surface area contributed by atoms with Crippen LogP contribution in [-0.2, 0) is 5.41 Å². The second-order valence-corrected chi connectivity index (χ2v) is 6.10. The van der Waals surface area contributed by atoms with Crippen molar-refractivity contribution in [2.24, 2.45) is 0 Å². The topological polar surface area (TPSA) is 52.8 Å². The molecule has 2 rings (SSSR count). The Morgan fingerprint density at radius 2 is 2.16 bits per heavy atom. The number of rotatable bonds is 2. The van der Waals surface area contributed by atoms with Gasteiger partial charge in [0.2, 0.25) is 0 Å². The summed E-state index contributed by atoms with van der Waals surface area (Å²) in [6.07, 6.45) is 2.38. The van der Waals surface area contributed by atoms with E-state index in [0.29, 0.717) is 11.7 Å². The first-order valence-corrected chi connectivity index (χ1v) is 6.88. The van der Waals surface area contributed by atoms with Gasteiger partial charge in [-0.25, -0.2) is 9.97 Å². The van der Waals surface area contributed by atoms with Crippen LogP contribution in [0.2, 0.25) is 0 Å². The summed E-state index contributed by atoms with van der Waals surface area (Å²) >= 11 is 0. The number of hydrogen-bond donors (Lipinski definition) is 0. The minimum Gasteiger partial charge on any atom is -0.306 e. The molecule has 19 heavy (non-hydrogen) atoms. The van der Waals surface area contributed by atoms with Crippen molar-refractivity contribution in [2.75, 3.05) is 20.1 Å². The molecule has 4 heteroatoms. The molecule has 1 atom stereocenters. The number of likely N-dealkylation sites (N-methyl/N-ethyl adjacent to an activating group) is 1. The highest BCUT2D eigenvalue weighted by atomic mass is 15.1. The average Bonchev–Trinajstić information content (AvgIpc) is 2.38. The first kappa shape index (κ1) is 14.0. The number of aromatic nitrogens is 2. The molecule has 0 aromatic carbocycles. The molecule has 1 fully saturated rings. The van der Waals surface area contributed by atoms with Gasteiger partial charge in [0.05, 0.1) is 6.07 Å². The molecule has 0 radical (unpaired) electrons. The number of aryl methyl sites for hydroxylation is 1. The van der Waals surface area contributed by atoms with Gasteiger partial charge in [-0.2, -0.15) is 5.26 Å². The first-order valence-electron chi connectivity index (χ1n) is 6.88. The van der Waals surface area contributed by atoms with Gasteiger partial charge in [0.25, 0.3) is 0 Å². The van der Waals surface area contributed by atoms with Crippen molar-refractivity contribution in [1.82, 2.24) is 14.9 Å². The van der Waals surface area contributed by atoms with E-state index in [1.807, 2.05) is 20.8 Å². The van der Waals surface area contributed by atoms with Crippen molar-refractivity contribution >= 4 is 0 Å². The van der Waals surface area contributed by atoms with Crippen LogP contribution in [0.25, 0.3) is 0 Å². The van der Waals surface area contributed by atoms with Gasteiger partial charge in [-0.3, -0.25) is 0 Å². The standard InChI is InChI=1S/C15H22N4/c1-11-8-13(12-6-5-7-19(4)9-12)18-14(17-11)15(2,3)10-16/h8,12H,5-7,9H2,1-4H3. The summed E-state index contributed by atoms with van der Waals surface area (Å²) < 4.78 is 0. The number of nitriles is 1. The summed E-state index contributed by atoms with van der Waals surface area (Å²) in [4.78, 5) is 11.5. The van der Waals surface area contributed by atoms with Crippen molar-refractivity contribution in [3.8, 4) is 6.07 Å². The summed E-state index contributed by atoms with van der Waals surface area (Å²) in [5.74, 6) is 1.12. The fraction of sp³-hybridized carbons (Fsp3) is 0.667. The zero-order valence-corrected chi connectivity index (χ0v) is 12.3. The van der Waals surface area contributed by atoms with Crippen LogP contribution in [0.1, 0.15) is 49.8 Å². The fourth-order valence-corrected chi connectivity index (χ4v) is 2.54. The predicted molar refractivity (Wildman–Crippen MR) is 74.9 cm³/mol. The first-order chi connectivity index (χ1) is 8.92. The SMILES string of the molecule is Cc1cc(C2CCCN(C)C2)nc(C(C)(C)C#N)n1. The quantitative estimate of drug-likeness (QED) is 0.817. The van der Waals surface area contributed by atoms with Crippen molar-refractivity contribution < 1.29 is 0 Å². The molecule has 1 aromatic rings. The number of likely N-dealkylation sites (tertiary alicyclic amines) is 1. The fourth-order valence-electron chi connectivity index (χ4n) is 2.54. The van der Waals surface area contributed by atoms with E-state index in [0.717, 1.165) is 24.5 Å². The van der Waals surface area contributed by atoms with Crippen LogP contribution in [0.4, 0.5) is 0 Å².